The second kappa shape index (κ2) is 15.1. The predicted molar refractivity (Wildman–Crippen MR) is 210 cm³/mol. The molecule has 0 aliphatic carbocycles. The van der Waals surface area contributed by atoms with Gasteiger partial charge in [-0.25, -0.2) is 4.98 Å². The van der Waals surface area contributed by atoms with Crippen LogP contribution in [0.15, 0.2) is 114 Å². The molecule has 0 aliphatic rings. The van der Waals surface area contributed by atoms with Crippen molar-refractivity contribution in [1.82, 2.24) is 19.5 Å². The number of benzene rings is 4. The number of fused-ring (bicyclic) bond motifs is 4. The molecule has 8 rings (SSSR count). The van der Waals surface area contributed by atoms with Crippen molar-refractivity contribution in [3.63, 3.8) is 0 Å². The van der Waals surface area contributed by atoms with E-state index in [2.05, 4.69) is 80.3 Å². The number of imidazole rings is 1. The summed E-state index contributed by atoms with van der Waals surface area (Å²) in [5, 5.41) is 2.04. The largest absolute Gasteiger partial charge is 0 e. The third kappa shape index (κ3) is 7.64. The standard InChI is InChI=1S/C26H18N3O.C18H24GeN.Ir/c1-17-14-15-20-19-10-7-11-21(24(19)30-26(20)27-17)25-28-22-12-5-6-13-23(22)29(25)16-18-8-3-2-4-9-18;1-13(2)16-11-18(15-9-7-14(3)8-10-15)20-12-17(16)19(4,5)6;/h2-10,12-15H,16H2,1H3;7-9,11-13H,1-6H3;/q2*-1;/i;3D3,13D;. The van der Waals surface area contributed by atoms with Gasteiger partial charge in [0.15, 0.2) is 0 Å². The molecule has 8 aromatic rings. The summed E-state index contributed by atoms with van der Waals surface area (Å²) in [6, 6.07) is 39.9. The topological polar surface area (TPSA) is 56.7 Å². The van der Waals surface area contributed by atoms with E-state index in [1.165, 1.54) is 16.0 Å². The number of hydrogen-bond acceptors (Lipinski definition) is 4. The molecule has 0 bridgehead atoms. The average molecular weight is 912 g/mol. The maximum atomic E-state index is 8.49. The van der Waals surface area contributed by atoms with E-state index in [1.54, 1.807) is 12.1 Å². The molecule has 0 amide bonds. The Labute approximate surface area is 322 Å². The molecular weight excluding hydrogens is 865 g/mol. The van der Waals surface area contributed by atoms with E-state index in [4.69, 9.17) is 14.9 Å². The van der Waals surface area contributed by atoms with Gasteiger partial charge in [0.1, 0.15) is 0 Å². The molecule has 0 saturated heterocycles. The van der Waals surface area contributed by atoms with E-state index in [1.807, 2.05) is 75.5 Å². The van der Waals surface area contributed by atoms with Crippen molar-refractivity contribution >= 4 is 50.8 Å². The zero-order valence-electron chi connectivity index (χ0n) is 33.6. The van der Waals surface area contributed by atoms with Gasteiger partial charge in [0.2, 0.25) is 5.71 Å². The normalized spacial score (nSPS) is 13.1. The summed E-state index contributed by atoms with van der Waals surface area (Å²) >= 11 is -2.14. The Morgan fingerprint density at radius 1 is 0.902 bits per heavy atom. The van der Waals surface area contributed by atoms with Gasteiger partial charge < -0.3 is 8.98 Å². The molecule has 5 nitrogen and oxygen atoms in total. The van der Waals surface area contributed by atoms with Crippen LogP contribution in [0.25, 0.3) is 55.7 Å². The van der Waals surface area contributed by atoms with Crippen LogP contribution in [0.5, 0.6) is 0 Å². The molecule has 0 N–H and O–H groups in total. The molecule has 0 fully saturated rings. The number of nitrogens with zero attached hydrogens (tertiary/aromatic N) is 4. The molecule has 259 valence electrons. The minimum absolute atomic E-state index is 0. The second-order valence-corrected chi connectivity index (χ2v) is 24.4. The third-order valence-corrected chi connectivity index (χ3v) is 13.1. The molecule has 4 heterocycles. The third-order valence-electron chi connectivity index (χ3n) is 8.84. The van der Waals surface area contributed by atoms with Crippen molar-refractivity contribution in [2.75, 3.05) is 0 Å². The molecule has 0 spiro atoms. The van der Waals surface area contributed by atoms with Crippen LogP contribution in [0.3, 0.4) is 0 Å². The fourth-order valence-electron chi connectivity index (χ4n) is 6.27. The number of rotatable bonds is 6. The fraction of sp³-hybridized carbons (Fsp3) is 0.205. The van der Waals surface area contributed by atoms with Crippen molar-refractivity contribution in [2.45, 2.75) is 57.3 Å². The van der Waals surface area contributed by atoms with E-state index >= 15 is 0 Å². The summed E-state index contributed by atoms with van der Waals surface area (Å²) in [4.78, 5) is 14.1. The summed E-state index contributed by atoms with van der Waals surface area (Å²) in [7, 11) is 0. The van der Waals surface area contributed by atoms with E-state index in [0.717, 1.165) is 67.8 Å². The van der Waals surface area contributed by atoms with Crippen LogP contribution in [0.2, 0.25) is 17.3 Å². The molecule has 7 heteroatoms. The Morgan fingerprint density at radius 3 is 2.41 bits per heavy atom. The first-order chi connectivity index (χ1) is 25.6. The second-order valence-electron chi connectivity index (χ2n) is 13.9. The Kier molecular flexibility index (Phi) is 9.29. The minimum atomic E-state index is -2.14. The van der Waals surface area contributed by atoms with Crippen LogP contribution in [0, 0.1) is 25.9 Å². The van der Waals surface area contributed by atoms with Crippen molar-refractivity contribution in [3.05, 3.63) is 144 Å². The Hall–Kier alpha value is -4.36. The van der Waals surface area contributed by atoms with Crippen LogP contribution in [0.1, 0.15) is 47.6 Å². The minimum Gasteiger partial charge on any atom is 0 e. The summed E-state index contributed by atoms with van der Waals surface area (Å²) in [6.45, 7) is 4.36. The number of pyridine rings is 2. The van der Waals surface area contributed by atoms with Gasteiger partial charge in [0, 0.05) is 37.7 Å². The van der Waals surface area contributed by atoms with E-state index in [0.29, 0.717) is 5.71 Å². The van der Waals surface area contributed by atoms with Gasteiger partial charge in [-0.3, -0.25) is 4.98 Å². The summed E-state index contributed by atoms with van der Waals surface area (Å²) in [5.41, 5.74) is 9.24. The van der Waals surface area contributed by atoms with Crippen LogP contribution in [-0.2, 0) is 26.7 Å². The monoisotopic (exact) mass is 913 g/mol. The first kappa shape index (κ1) is 31.4. The molecule has 51 heavy (non-hydrogen) atoms. The van der Waals surface area contributed by atoms with Gasteiger partial charge in [-0.05, 0) is 36.8 Å². The smallest absolute Gasteiger partial charge is 0 e. The Morgan fingerprint density at radius 2 is 1.69 bits per heavy atom. The van der Waals surface area contributed by atoms with Crippen LogP contribution in [0.4, 0.5) is 0 Å². The van der Waals surface area contributed by atoms with Gasteiger partial charge in [-0.15, -0.1) is 18.2 Å². The number of para-hydroxylation sites is 2. The van der Waals surface area contributed by atoms with Crippen LogP contribution >= 0.6 is 0 Å². The zero-order chi connectivity index (χ0) is 38.4. The number of hydrogen-bond donors (Lipinski definition) is 0. The molecule has 4 aromatic carbocycles. The molecule has 4 aromatic heterocycles. The molecule has 0 unspecified atom stereocenters. The molecule has 1 radical (unpaired) electrons. The van der Waals surface area contributed by atoms with Crippen LogP contribution < -0.4 is 4.40 Å². The van der Waals surface area contributed by atoms with Crippen molar-refractivity contribution < 1.29 is 30.0 Å². The van der Waals surface area contributed by atoms with E-state index in [-0.39, 0.29) is 25.7 Å². The number of aromatic nitrogens is 4. The van der Waals surface area contributed by atoms with E-state index < -0.39 is 26.0 Å². The summed E-state index contributed by atoms with van der Waals surface area (Å²) in [5.74, 6) is 7.03. The maximum Gasteiger partial charge on any atom is 0 e. The first-order valence-electron chi connectivity index (χ1n) is 18.8. The van der Waals surface area contributed by atoms with Gasteiger partial charge >= 0.3 is 131 Å². The first-order valence-corrected chi connectivity index (χ1v) is 24.2. The van der Waals surface area contributed by atoms with Gasteiger partial charge in [0.05, 0.1) is 22.4 Å². The van der Waals surface area contributed by atoms with Gasteiger partial charge in [0.25, 0.3) is 0 Å². The quantitative estimate of drug-likeness (QED) is 0.123. The van der Waals surface area contributed by atoms with Gasteiger partial charge in [-0.2, -0.15) is 0 Å². The SMILES string of the molecule is Cc1ccc2c(n1)oc1c(-c3nc4ccccc4n3Cc3ccccc3)[c-]ccc12.[2H]C([2H])([2H])c1c[c-]c(-c2cc(C([2H])(C)C)[c]([Ge]([CH3])([CH3])[CH3])cn2)cc1.[Ir]. The molecule has 0 atom stereocenters. The molecule has 0 saturated carbocycles. The summed E-state index contributed by atoms with van der Waals surface area (Å²) < 4.78 is 40.5. The maximum absolute atomic E-state index is 8.49. The Bertz CT molecular complexity index is 2610. The zero-order valence-corrected chi connectivity index (χ0v) is 34.1. The van der Waals surface area contributed by atoms with E-state index in [9.17, 15) is 0 Å². The van der Waals surface area contributed by atoms with Crippen LogP contribution in [-0.4, -0.2) is 32.8 Å². The predicted octanol–water partition coefficient (Wildman–Crippen LogP) is 10.7. The number of furan rings is 1. The summed E-state index contributed by atoms with van der Waals surface area (Å²) in [6.07, 6.45) is 1.91. The van der Waals surface area contributed by atoms with Crippen molar-refractivity contribution in [1.29, 1.82) is 0 Å². The average Bonchev–Trinajstić information content (AvgIpc) is 3.69. The van der Waals surface area contributed by atoms with Gasteiger partial charge in [-0.1, -0.05) is 53.4 Å². The number of aryl methyl sites for hydroxylation is 2. The Balaban J connectivity index is 0.000000189. The van der Waals surface area contributed by atoms with Crippen molar-refractivity contribution in [2.24, 2.45) is 0 Å². The fourth-order valence-corrected chi connectivity index (χ4v) is 9.59. The molecule has 0 aliphatic heterocycles. The van der Waals surface area contributed by atoms with Crippen molar-refractivity contribution in [3.8, 4) is 22.6 Å². The molecular formula is C44H42GeIrN4O-2.